The van der Waals surface area contributed by atoms with E-state index in [9.17, 15) is 14.0 Å². The van der Waals surface area contributed by atoms with Gasteiger partial charge in [-0.05, 0) is 72.6 Å². The Morgan fingerprint density at radius 3 is 2.45 bits per heavy atom. The number of rotatable bonds is 6. The minimum atomic E-state index is -0.757. The van der Waals surface area contributed by atoms with E-state index in [0.29, 0.717) is 35.4 Å². The van der Waals surface area contributed by atoms with Crippen LogP contribution in [0, 0.1) is 5.82 Å². The average Bonchev–Trinajstić information content (AvgIpc) is 2.73. The van der Waals surface area contributed by atoms with Crippen molar-refractivity contribution in [3.05, 3.63) is 63.9 Å². The van der Waals surface area contributed by atoms with Crippen LogP contribution in [0.2, 0.25) is 0 Å². The molecule has 1 fully saturated rings. The minimum absolute atomic E-state index is 0.0157. The Kier molecular flexibility index (Phi) is 7.67. The van der Waals surface area contributed by atoms with Gasteiger partial charge >= 0.3 is 0 Å². The fourth-order valence-corrected chi connectivity index (χ4v) is 3.88. The Morgan fingerprint density at radius 2 is 1.84 bits per heavy atom. The van der Waals surface area contributed by atoms with Crippen LogP contribution in [0.5, 0.6) is 5.75 Å². The number of amides is 2. The molecule has 1 saturated heterocycles. The minimum Gasteiger partial charge on any atom is -0.480 e. The molecule has 2 aromatic carbocycles. The Morgan fingerprint density at radius 1 is 1.19 bits per heavy atom. The zero-order chi connectivity index (χ0) is 22.5. The highest BCUT2D eigenvalue weighted by Gasteiger charge is 2.26. The van der Waals surface area contributed by atoms with Gasteiger partial charge in [0.1, 0.15) is 11.6 Å². The maximum atomic E-state index is 13.2. The summed E-state index contributed by atoms with van der Waals surface area (Å²) in [6.07, 6.45) is -0.725. The van der Waals surface area contributed by atoms with E-state index in [0.717, 1.165) is 5.56 Å². The van der Waals surface area contributed by atoms with Gasteiger partial charge in [0.2, 0.25) is 0 Å². The van der Waals surface area contributed by atoms with Crippen molar-refractivity contribution < 1.29 is 23.5 Å². The molecule has 0 saturated carbocycles. The number of halogens is 2. The molecule has 2 aromatic rings. The first-order valence-electron chi connectivity index (χ1n) is 10.2. The maximum absolute atomic E-state index is 13.2. The zero-order valence-electron chi connectivity index (χ0n) is 17.7. The van der Waals surface area contributed by atoms with Gasteiger partial charge in [0.05, 0.1) is 16.7 Å². The molecule has 1 N–H and O–H groups in total. The van der Waals surface area contributed by atoms with Gasteiger partial charge < -0.3 is 19.7 Å². The number of nitrogens with one attached hydrogen (secondary N) is 1. The van der Waals surface area contributed by atoms with Crippen LogP contribution < -0.4 is 10.1 Å². The molecule has 31 heavy (non-hydrogen) atoms. The summed E-state index contributed by atoms with van der Waals surface area (Å²) in [5.74, 6) is -0.327. The molecule has 3 rings (SSSR count). The largest absolute Gasteiger partial charge is 0.480 e. The molecule has 1 aliphatic heterocycles. The summed E-state index contributed by atoms with van der Waals surface area (Å²) >= 11 is 3.22. The van der Waals surface area contributed by atoms with Gasteiger partial charge in [0.15, 0.2) is 6.10 Å². The lowest BCUT2D eigenvalue weighted by atomic mass is 10.1. The van der Waals surface area contributed by atoms with Crippen molar-refractivity contribution in [3.63, 3.8) is 0 Å². The van der Waals surface area contributed by atoms with E-state index in [-0.39, 0.29) is 24.0 Å². The number of nitrogens with zero attached hydrogens (tertiary/aromatic N) is 1. The second kappa shape index (κ2) is 10.2. The highest BCUT2D eigenvalue weighted by atomic mass is 79.9. The molecule has 0 radical (unpaired) electrons. The van der Waals surface area contributed by atoms with E-state index in [1.165, 1.54) is 18.2 Å². The molecular formula is C23H26BrFN2O4. The lowest BCUT2D eigenvalue weighted by molar-refractivity contribution is -0.127. The van der Waals surface area contributed by atoms with Gasteiger partial charge in [-0.15, -0.1) is 0 Å². The van der Waals surface area contributed by atoms with E-state index in [1.807, 2.05) is 30.9 Å². The molecule has 166 valence electrons. The van der Waals surface area contributed by atoms with E-state index >= 15 is 0 Å². The van der Waals surface area contributed by atoms with Crippen molar-refractivity contribution in [2.24, 2.45) is 0 Å². The van der Waals surface area contributed by atoms with Gasteiger partial charge in [-0.2, -0.15) is 0 Å². The van der Waals surface area contributed by atoms with Crippen LogP contribution in [0.25, 0.3) is 0 Å². The van der Waals surface area contributed by atoms with Crippen molar-refractivity contribution in [1.82, 2.24) is 10.2 Å². The van der Waals surface area contributed by atoms with E-state index in [4.69, 9.17) is 9.47 Å². The van der Waals surface area contributed by atoms with Crippen molar-refractivity contribution >= 4 is 27.7 Å². The number of ether oxygens (including phenoxy) is 2. The summed E-state index contributed by atoms with van der Waals surface area (Å²) in [5.41, 5.74) is 1.47. The van der Waals surface area contributed by atoms with E-state index in [1.54, 1.807) is 19.1 Å². The van der Waals surface area contributed by atoms with Crippen molar-refractivity contribution in [2.45, 2.75) is 45.6 Å². The molecule has 6 nitrogen and oxygen atoms in total. The van der Waals surface area contributed by atoms with Crippen LogP contribution in [-0.4, -0.2) is 48.1 Å². The van der Waals surface area contributed by atoms with Crippen molar-refractivity contribution in [1.29, 1.82) is 0 Å². The fourth-order valence-electron chi connectivity index (χ4n) is 3.44. The van der Waals surface area contributed by atoms with Crippen LogP contribution >= 0.6 is 15.9 Å². The molecule has 1 aliphatic rings. The summed E-state index contributed by atoms with van der Waals surface area (Å²) in [5, 5.41) is 2.81. The number of hydrogen-bond donors (Lipinski definition) is 1. The topological polar surface area (TPSA) is 67.9 Å². The smallest absolute Gasteiger partial charge is 0.261 e. The first-order valence-corrected chi connectivity index (χ1v) is 11.0. The fraction of sp³-hybridized carbons (Fsp3) is 0.391. The third kappa shape index (κ3) is 6.27. The molecule has 1 heterocycles. The Balaban J connectivity index is 1.52. The predicted octanol–water partition coefficient (Wildman–Crippen LogP) is 3.92. The molecule has 3 atom stereocenters. The number of benzene rings is 2. The summed E-state index contributed by atoms with van der Waals surface area (Å²) in [6.45, 7) is 6.99. The van der Waals surface area contributed by atoms with Crippen LogP contribution in [0.3, 0.4) is 0 Å². The maximum Gasteiger partial charge on any atom is 0.261 e. The first-order chi connectivity index (χ1) is 14.7. The second-order valence-corrected chi connectivity index (χ2v) is 8.57. The van der Waals surface area contributed by atoms with Gasteiger partial charge in [-0.25, -0.2) is 4.39 Å². The number of morpholine rings is 1. The molecule has 0 aliphatic carbocycles. The standard InChI is InChI=1S/C23H26BrFN2O4/c1-14-12-27(13-15(2)30-14)23(29)18-6-4-17(5-7-18)11-26-22(28)16(3)31-21-9-8-19(25)10-20(21)24/h4-10,14-16H,11-13H2,1-3H3,(H,26,28). The van der Waals surface area contributed by atoms with E-state index in [2.05, 4.69) is 21.2 Å². The molecule has 3 unspecified atom stereocenters. The van der Waals surface area contributed by atoms with Gasteiger partial charge in [-0.1, -0.05) is 12.1 Å². The second-order valence-electron chi connectivity index (χ2n) is 7.72. The van der Waals surface area contributed by atoms with Gasteiger partial charge in [0, 0.05) is 25.2 Å². The molecule has 0 bridgehead atoms. The Bertz CT molecular complexity index is 928. The summed E-state index contributed by atoms with van der Waals surface area (Å²) in [4.78, 5) is 26.9. The number of carbonyl (C=O) groups excluding carboxylic acids is 2. The third-order valence-corrected chi connectivity index (χ3v) is 5.56. The first kappa shape index (κ1) is 23.2. The lowest BCUT2D eigenvalue weighted by Gasteiger charge is -2.35. The van der Waals surface area contributed by atoms with Crippen LogP contribution in [-0.2, 0) is 16.1 Å². The highest BCUT2D eigenvalue weighted by Crippen LogP contribution is 2.26. The third-order valence-electron chi connectivity index (χ3n) is 4.94. The van der Waals surface area contributed by atoms with Crippen LogP contribution in [0.15, 0.2) is 46.9 Å². The Hall–Kier alpha value is -2.45. The molecule has 0 aromatic heterocycles. The normalized spacial score (nSPS) is 19.6. The van der Waals surface area contributed by atoms with Crippen molar-refractivity contribution in [2.75, 3.05) is 13.1 Å². The van der Waals surface area contributed by atoms with E-state index < -0.39 is 11.9 Å². The average molecular weight is 493 g/mol. The number of carbonyl (C=O) groups is 2. The molecule has 0 spiro atoms. The van der Waals surface area contributed by atoms with Crippen LogP contribution in [0.1, 0.15) is 36.7 Å². The summed E-state index contributed by atoms with van der Waals surface area (Å²) in [7, 11) is 0. The predicted molar refractivity (Wildman–Crippen MR) is 118 cm³/mol. The lowest BCUT2D eigenvalue weighted by Crippen LogP contribution is -2.48. The summed E-state index contributed by atoms with van der Waals surface area (Å²) in [6, 6.07) is 11.2. The van der Waals surface area contributed by atoms with Crippen LogP contribution in [0.4, 0.5) is 4.39 Å². The monoisotopic (exact) mass is 492 g/mol. The highest BCUT2D eigenvalue weighted by molar-refractivity contribution is 9.10. The molecular weight excluding hydrogens is 467 g/mol. The molecule has 2 amide bonds. The van der Waals surface area contributed by atoms with Gasteiger partial charge in [0.25, 0.3) is 11.8 Å². The molecule has 8 heteroatoms. The SMILES string of the molecule is CC1CN(C(=O)c2ccc(CNC(=O)C(C)Oc3ccc(F)cc3Br)cc2)CC(C)O1. The van der Waals surface area contributed by atoms with Gasteiger partial charge in [-0.3, -0.25) is 9.59 Å². The Labute approximate surface area is 189 Å². The quantitative estimate of drug-likeness (QED) is 0.663. The van der Waals surface area contributed by atoms with Crippen molar-refractivity contribution in [3.8, 4) is 5.75 Å². The summed E-state index contributed by atoms with van der Waals surface area (Å²) < 4.78 is 24.9. The zero-order valence-corrected chi connectivity index (χ0v) is 19.3. The number of hydrogen-bond acceptors (Lipinski definition) is 4.